The third-order valence-electron chi connectivity index (χ3n) is 2.45. The van der Waals surface area contributed by atoms with Crippen LogP contribution in [0, 0.1) is 0 Å². The van der Waals surface area contributed by atoms with Crippen LogP contribution in [0.25, 0.3) is 5.65 Å². The molecule has 0 spiro atoms. The van der Waals surface area contributed by atoms with E-state index in [0.29, 0.717) is 5.92 Å². The Morgan fingerprint density at radius 1 is 1.31 bits per heavy atom. The Kier molecular flexibility index (Phi) is 1.20. The smallest absolute Gasteiger partial charge is 0.137 e. The Balaban J connectivity index is 2.20. The first-order valence-electron chi connectivity index (χ1n) is 4.50. The van der Waals surface area contributed by atoms with Crippen molar-refractivity contribution in [1.82, 2.24) is 9.38 Å². The minimum atomic E-state index is 0.284. The number of pyridine rings is 1. The van der Waals surface area contributed by atoms with E-state index >= 15 is 0 Å². The molecule has 3 heteroatoms. The molecule has 0 aliphatic heterocycles. The van der Waals surface area contributed by atoms with Crippen molar-refractivity contribution in [2.45, 2.75) is 18.8 Å². The lowest BCUT2D eigenvalue weighted by atomic mass is 10.3. The lowest BCUT2D eigenvalue weighted by Crippen LogP contribution is -1.79. The Morgan fingerprint density at radius 2 is 2.15 bits per heavy atom. The normalized spacial score (nSPS) is 16.6. The van der Waals surface area contributed by atoms with E-state index in [2.05, 4.69) is 4.98 Å². The van der Waals surface area contributed by atoms with Crippen LogP contribution in [0.1, 0.15) is 24.5 Å². The largest absolute Gasteiger partial charge is 0.506 e. The average molecular weight is 174 g/mol. The van der Waals surface area contributed by atoms with Gasteiger partial charge >= 0.3 is 0 Å². The predicted octanol–water partition coefficient (Wildman–Crippen LogP) is 1.92. The highest BCUT2D eigenvalue weighted by atomic mass is 16.3. The van der Waals surface area contributed by atoms with Crippen molar-refractivity contribution in [1.29, 1.82) is 0 Å². The second-order valence-corrected chi connectivity index (χ2v) is 3.59. The Hall–Kier alpha value is -1.51. The summed E-state index contributed by atoms with van der Waals surface area (Å²) in [7, 11) is 0. The van der Waals surface area contributed by atoms with Crippen LogP contribution in [0.5, 0.6) is 5.75 Å². The third kappa shape index (κ3) is 1.08. The van der Waals surface area contributed by atoms with Crippen LogP contribution in [0.4, 0.5) is 0 Å². The summed E-state index contributed by atoms with van der Waals surface area (Å²) in [6, 6.07) is 3.50. The predicted molar refractivity (Wildman–Crippen MR) is 48.8 cm³/mol. The maximum absolute atomic E-state index is 9.25. The molecule has 1 aliphatic rings. The number of imidazole rings is 1. The van der Waals surface area contributed by atoms with Gasteiger partial charge in [0.1, 0.15) is 11.4 Å². The van der Waals surface area contributed by atoms with Gasteiger partial charge in [0.2, 0.25) is 0 Å². The molecule has 1 fully saturated rings. The topological polar surface area (TPSA) is 37.5 Å². The van der Waals surface area contributed by atoms with E-state index in [-0.39, 0.29) is 5.75 Å². The number of fused-ring (bicyclic) bond motifs is 1. The molecule has 66 valence electrons. The highest BCUT2D eigenvalue weighted by molar-refractivity contribution is 5.43. The van der Waals surface area contributed by atoms with Crippen molar-refractivity contribution in [3.05, 3.63) is 30.2 Å². The molecule has 0 saturated heterocycles. The zero-order valence-corrected chi connectivity index (χ0v) is 7.14. The molecule has 2 aromatic rings. The maximum atomic E-state index is 9.25. The fraction of sp³-hybridized carbons (Fsp3) is 0.300. The van der Waals surface area contributed by atoms with Crippen molar-refractivity contribution >= 4 is 5.65 Å². The molecular formula is C10H10N2O. The Morgan fingerprint density at radius 3 is 2.92 bits per heavy atom. The molecule has 0 atom stereocenters. The van der Waals surface area contributed by atoms with Gasteiger partial charge in [-0.1, -0.05) is 0 Å². The SMILES string of the molecule is Oc1ccc2nc(C3CC3)cn2c1. The quantitative estimate of drug-likeness (QED) is 0.717. The van der Waals surface area contributed by atoms with Gasteiger partial charge in [-0.3, -0.25) is 0 Å². The summed E-state index contributed by atoms with van der Waals surface area (Å²) >= 11 is 0. The number of aromatic hydroxyl groups is 1. The number of rotatable bonds is 1. The van der Waals surface area contributed by atoms with E-state index in [1.54, 1.807) is 12.3 Å². The van der Waals surface area contributed by atoms with Gasteiger partial charge in [0.15, 0.2) is 0 Å². The molecule has 1 aliphatic carbocycles. The zero-order valence-electron chi connectivity index (χ0n) is 7.14. The monoisotopic (exact) mass is 174 g/mol. The first-order valence-corrected chi connectivity index (χ1v) is 4.50. The number of hydrogen-bond acceptors (Lipinski definition) is 2. The van der Waals surface area contributed by atoms with Crippen LogP contribution < -0.4 is 0 Å². The van der Waals surface area contributed by atoms with Crippen LogP contribution in [-0.4, -0.2) is 14.5 Å². The summed E-state index contributed by atoms with van der Waals surface area (Å²) in [6.07, 6.45) is 6.21. The van der Waals surface area contributed by atoms with Gasteiger partial charge in [0.25, 0.3) is 0 Å². The zero-order chi connectivity index (χ0) is 8.84. The summed E-state index contributed by atoms with van der Waals surface area (Å²) in [4.78, 5) is 4.47. The van der Waals surface area contributed by atoms with E-state index < -0.39 is 0 Å². The molecule has 1 N–H and O–H groups in total. The molecule has 13 heavy (non-hydrogen) atoms. The molecular weight excluding hydrogens is 164 g/mol. The van der Waals surface area contributed by atoms with Crippen LogP contribution in [0.15, 0.2) is 24.5 Å². The van der Waals surface area contributed by atoms with Crippen LogP contribution >= 0.6 is 0 Å². The van der Waals surface area contributed by atoms with Gasteiger partial charge in [-0.15, -0.1) is 0 Å². The van der Waals surface area contributed by atoms with Crippen molar-refractivity contribution in [3.8, 4) is 5.75 Å². The van der Waals surface area contributed by atoms with Gasteiger partial charge in [-0.2, -0.15) is 0 Å². The van der Waals surface area contributed by atoms with Gasteiger partial charge in [-0.25, -0.2) is 4.98 Å². The number of nitrogens with zero attached hydrogens (tertiary/aromatic N) is 2. The van der Waals surface area contributed by atoms with Crippen LogP contribution in [0.3, 0.4) is 0 Å². The average Bonchev–Trinajstić information content (AvgIpc) is 2.87. The summed E-state index contributed by atoms with van der Waals surface area (Å²) in [5, 5.41) is 9.25. The minimum Gasteiger partial charge on any atom is -0.506 e. The van der Waals surface area contributed by atoms with Crippen molar-refractivity contribution in [2.24, 2.45) is 0 Å². The van der Waals surface area contributed by atoms with E-state index in [9.17, 15) is 5.11 Å². The van der Waals surface area contributed by atoms with Gasteiger partial charge in [-0.05, 0) is 25.0 Å². The molecule has 0 bridgehead atoms. The first-order chi connectivity index (χ1) is 6.33. The lowest BCUT2D eigenvalue weighted by Gasteiger charge is -1.92. The molecule has 3 nitrogen and oxygen atoms in total. The minimum absolute atomic E-state index is 0.284. The molecule has 0 aromatic carbocycles. The van der Waals surface area contributed by atoms with E-state index in [4.69, 9.17) is 0 Å². The van der Waals surface area contributed by atoms with E-state index in [1.807, 2.05) is 16.7 Å². The molecule has 1 saturated carbocycles. The number of hydrogen-bond donors (Lipinski definition) is 1. The molecule has 0 amide bonds. The van der Waals surface area contributed by atoms with Crippen molar-refractivity contribution < 1.29 is 5.11 Å². The summed E-state index contributed by atoms with van der Waals surface area (Å²) < 4.78 is 1.88. The van der Waals surface area contributed by atoms with Gasteiger partial charge in [0, 0.05) is 12.1 Å². The van der Waals surface area contributed by atoms with E-state index in [1.165, 1.54) is 12.8 Å². The number of aromatic nitrogens is 2. The van der Waals surface area contributed by atoms with Crippen molar-refractivity contribution in [2.75, 3.05) is 0 Å². The van der Waals surface area contributed by atoms with Crippen LogP contribution in [-0.2, 0) is 0 Å². The second kappa shape index (κ2) is 2.25. The van der Waals surface area contributed by atoms with Gasteiger partial charge in [0.05, 0.1) is 11.9 Å². The fourth-order valence-electron chi connectivity index (χ4n) is 1.58. The molecule has 0 radical (unpaired) electrons. The Labute approximate surface area is 75.7 Å². The highest BCUT2D eigenvalue weighted by Gasteiger charge is 2.25. The fourth-order valence-corrected chi connectivity index (χ4v) is 1.58. The van der Waals surface area contributed by atoms with Gasteiger partial charge < -0.3 is 9.51 Å². The molecule has 3 rings (SSSR count). The first kappa shape index (κ1) is 6.95. The van der Waals surface area contributed by atoms with Crippen LogP contribution in [0.2, 0.25) is 0 Å². The molecule has 0 unspecified atom stereocenters. The summed E-state index contributed by atoms with van der Waals surface area (Å²) in [6.45, 7) is 0. The van der Waals surface area contributed by atoms with Crippen molar-refractivity contribution in [3.63, 3.8) is 0 Å². The van der Waals surface area contributed by atoms with E-state index in [0.717, 1.165) is 11.3 Å². The maximum Gasteiger partial charge on any atom is 0.137 e. The highest BCUT2D eigenvalue weighted by Crippen LogP contribution is 2.39. The lowest BCUT2D eigenvalue weighted by molar-refractivity contribution is 0.472. The third-order valence-corrected chi connectivity index (χ3v) is 2.45. The standard InChI is InChI=1S/C10H10N2O/c13-8-3-4-10-11-9(7-1-2-7)6-12(10)5-8/h3-7,13H,1-2H2. The summed E-state index contributed by atoms with van der Waals surface area (Å²) in [5.74, 6) is 0.953. The molecule has 2 aromatic heterocycles. The second-order valence-electron chi connectivity index (χ2n) is 3.59. The molecule has 2 heterocycles. The summed E-state index contributed by atoms with van der Waals surface area (Å²) in [5.41, 5.74) is 2.07. The Bertz CT molecular complexity index is 457.